The molecule has 0 atom stereocenters. The number of nitrogens with zero attached hydrogens (tertiary/aromatic N) is 1. The Balaban J connectivity index is 2.21. The number of hydrogen-bond acceptors (Lipinski definition) is 3. The van der Waals surface area contributed by atoms with E-state index in [2.05, 4.69) is 26.1 Å². The van der Waals surface area contributed by atoms with Gasteiger partial charge in [-0.3, -0.25) is 0 Å². The summed E-state index contributed by atoms with van der Waals surface area (Å²) >= 11 is 1.91. The highest BCUT2D eigenvalue weighted by Crippen LogP contribution is 2.36. The van der Waals surface area contributed by atoms with Crippen molar-refractivity contribution >= 4 is 11.3 Å². The largest absolute Gasteiger partial charge is 0.315 e. The molecule has 2 rings (SSSR count). The van der Waals surface area contributed by atoms with Crippen LogP contribution in [0.3, 0.4) is 0 Å². The lowest BCUT2D eigenvalue weighted by molar-refractivity contribution is 0.560. The van der Waals surface area contributed by atoms with E-state index in [-0.39, 0.29) is 5.41 Å². The maximum absolute atomic E-state index is 4.86. The van der Waals surface area contributed by atoms with Crippen LogP contribution in [-0.4, -0.2) is 12.0 Å². The summed E-state index contributed by atoms with van der Waals surface area (Å²) in [5.41, 5.74) is 1.47. The van der Waals surface area contributed by atoms with Crippen molar-refractivity contribution in [2.45, 2.75) is 52.0 Å². The van der Waals surface area contributed by atoms with Crippen LogP contribution in [0.15, 0.2) is 0 Å². The third-order valence-corrected chi connectivity index (χ3v) is 4.03. The molecule has 1 aliphatic carbocycles. The smallest absolute Gasteiger partial charge is 0.0934 e. The molecule has 0 aliphatic heterocycles. The molecule has 1 aromatic heterocycles. The van der Waals surface area contributed by atoms with Crippen LogP contribution in [-0.2, 0) is 18.4 Å². The molecule has 0 spiro atoms. The Morgan fingerprint density at radius 3 is 2.56 bits per heavy atom. The lowest BCUT2D eigenvalue weighted by Crippen LogP contribution is -2.16. The topological polar surface area (TPSA) is 24.9 Å². The van der Waals surface area contributed by atoms with Crippen LogP contribution >= 0.6 is 11.3 Å². The van der Waals surface area contributed by atoms with E-state index in [1.54, 1.807) is 0 Å². The Hall–Kier alpha value is -0.410. The lowest BCUT2D eigenvalue weighted by atomic mass is 9.91. The van der Waals surface area contributed by atoms with E-state index >= 15 is 0 Å². The van der Waals surface area contributed by atoms with Crippen molar-refractivity contribution in [3.8, 4) is 0 Å². The zero-order valence-corrected chi connectivity index (χ0v) is 11.6. The van der Waals surface area contributed by atoms with Crippen LogP contribution < -0.4 is 5.32 Å². The number of hydrogen-bond donors (Lipinski definition) is 1. The SMILES string of the molecule is CNCc1sc(CC2CC2)nc1C(C)(C)C. The maximum Gasteiger partial charge on any atom is 0.0934 e. The first-order chi connectivity index (χ1) is 7.50. The molecule has 1 fully saturated rings. The van der Waals surface area contributed by atoms with Crippen molar-refractivity contribution in [1.29, 1.82) is 0 Å². The van der Waals surface area contributed by atoms with Gasteiger partial charge in [0.1, 0.15) is 0 Å². The standard InChI is InChI=1S/C13H22N2S/c1-13(2,3)12-10(8-14-4)16-11(15-12)7-9-5-6-9/h9,14H,5-8H2,1-4H3. The first-order valence-corrected chi connectivity index (χ1v) is 6.96. The van der Waals surface area contributed by atoms with E-state index in [9.17, 15) is 0 Å². The van der Waals surface area contributed by atoms with Gasteiger partial charge in [0, 0.05) is 23.3 Å². The molecule has 0 amide bonds. The molecule has 1 heterocycles. The van der Waals surface area contributed by atoms with Gasteiger partial charge in [0.15, 0.2) is 0 Å². The van der Waals surface area contributed by atoms with E-state index in [4.69, 9.17) is 4.98 Å². The molecular formula is C13H22N2S. The zero-order valence-electron chi connectivity index (χ0n) is 10.8. The maximum atomic E-state index is 4.86. The summed E-state index contributed by atoms with van der Waals surface area (Å²) in [5, 5.41) is 4.59. The number of rotatable bonds is 4. The van der Waals surface area contributed by atoms with Gasteiger partial charge in [-0.15, -0.1) is 11.3 Å². The molecule has 1 saturated carbocycles. The molecule has 3 heteroatoms. The summed E-state index contributed by atoms with van der Waals surface area (Å²) in [5.74, 6) is 0.932. The Morgan fingerprint density at radius 2 is 2.06 bits per heavy atom. The molecule has 0 unspecified atom stereocenters. The van der Waals surface area contributed by atoms with Crippen molar-refractivity contribution in [2.75, 3.05) is 7.05 Å². The summed E-state index contributed by atoms with van der Waals surface area (Å²) in [6.45, 7) is 7.71. The van der Waals surface area contributed by atoms with Crippen LogP contribution in [0, 0.1) is 5.92 Å². The predicted octanol–water partition coefficient (Wildman–Crippen LogP) is 3.11. The fraction of sp³-hybridized carbons (Fsp3) is 0.769. The second kappa shape index (κ2) is 4.46. The predicted molar refractivity (Wildman–Crippen MR) is 70.0 cm³/mol. The molecule has 0 radical (unpaired) electrons. The van der Waals surface area contributed by atoms with Gasteiger partial charge in [0.25, 0.3) is 0 Å². The van der Waals surface area contributed by atoms with Crippen molar-refractivity contribution < 1.29 is 0 Å². The van der Waals surface area contributed by atoms with Crippen molar-refractivity contribution in [2.24, 2.45) is 5.92 Å². The van der Waals surface area contributed by atoms with Crippen molar-refractivity contribution in [3.05, 3.63) is 15.6 Å². The Bertz CT molecular complexity index is 358. The van der Waals surface area contributed by atoms with Gasteiger partial charge < -0.3 is 5.32 Å². The number of aromatic nitrogens is 1. The van der Waals surface area contributed by atoms with Gasteiger partial charge >= 0.3 is 0 Å². The molecule has 90 valence electrons. The van der Waals surface area contributed by atoms with Crippen LogP contribution in [0.2, 0.25) is 0 Å². The minimum Gasteiger partial charge on any atom is -0.315 e. The Kier molecular flexibility index (Phi) is 3.36. The second-order valence-electron chi connectivity index (χ2n) is 5.81. The lowest BCUT2D eigenvalue weighted by Gasteiger charge is -2.17. The minimum atomic E-state index is 0.171. The molecule has 1 N–H and O–H groups in total. The van der Waals surface area contributed by atoms with Gasteiger partial charge in [-0.1, -0.05) is 20.8 Å². The van der Waals surface area contributed by atoms with Gasteiger partial charge in [0.05, 0.1) is 10.7 Å². The highest BCUT2D eigenvalue weighted by atomic mass is 32.1. The summed E-state index contributed by atoms with van der Waals surface area (Å²) < 4.78 is 0. The highest BCUT2D eigenvalue weighted by Gasteiger charge is 2.27. The van der Waals surface area contributed by atoms with Gasteiger partial charge in [-0.2, -0.15) is 0 Å². The fourth-order valence-electron chi connectivity index (χ4n) is 1.92. The van der Waals surface area contributed by atoms with Crippen LogP contribution in [0.5, 0.6) is 0 Å². The average molecular weight is 238 g/mol. The van der Waals surface area contributed by atoms with Gasteiger partial charge in [0.2, 0.25) is 0 Å². The van der Waals surface area contributed by atoms with Crippen LogP contribution in [0.1, 0.15) is 49.2 Å². The first kappa shape index (κ1) is 12.1. The third kappa shape index (κ3) is 2.83. The van der Waals surface area contributed by atoms with Crippen LogP contribution in [0.4, 0.5) is 0 Å². The van der Waals surface area contributed by atoms with Gasteiger partial charge in [-0.05, 0) is 25.8 Å². The summed E-state index contributed by atoms with van der Waals surface area (Å²) in [6.07, 6.45) is 4.02. The normalized spacial score (nSPS) is 16.8. The molecule has 0 bridgehead atoms. The average Bonchev–Trinajstić information content (AvgIpc) is 2.86. The third-order valence-electron chi connectivity index (χ3n) is 2.95. The highest BCUT2D eigenvalue weighted by molar-refractivity contribution is 7.11. The zero-order chi connectivity index (χ0) is 11.8. The Morgan fingerprint density at radius 1 is 1.38 bits per heavy atom. The molecule has 16 heavy (non-hydrogen) atoms. The summed E-state index contributed by atoms with van der Waals surface area (Å²) in [4.78, 5) is 6.28. The molecule has 2 nitrogen and oxygen atoms in total. The second-order valence-corrected chi connectivity index (χ2v) is 6.98. The quantitative estimate of drug-likeness (QED) is 0.872. The first-order valence-electron chi connectivity index (χ1n) is 6.14. The van der Waals surface area contributed by atoms with Crippen LogP contribution in [0.25, 0.3) is 0 Å². The van der Waals surface area contributed by atoms with E-state index in [0.717, 1.165) is 12.5 Å². The summed E-state index contributed by atoms with van der Waals surface area (Å²) in [7, 11) is 2.01. The number of thiazole rings is 1. The fourth-order valence-corrected chi connectivity index (χ4v) is 3.33. The van der Waals surface area contributed by atoms with Gasteiger partial charge in [-0.25, -0.2) is 4.98 Å². The molecule has 0 saturated heterocycles. The molecule has 0 aromatic carbocycles. The van der Waals surface area contributed by atoms with Crippen molar-refractivity contribution in [3.63, 3.8) is 0 Å². The van der Waals surface area contributed by atoms with E-state index in [1.807, 2.05) is 18.4 Å². The van der Waals surface area contributed by atoms with Crippen molar-refractivity contribution in [1.82, 2.24) is 10.3 Å². The molecular weight excluding hydrogens is 216 g/mol. The molecule has 1 aliphatic rings. The summed E-state index contributed by atoms with van der Waals surface area (Å²) in [6, 6.07) is 0. The minimum absolute atomic E-state index is 0.171. The Labute approximate surface area is 102 Å². The molecule has 1 aromatic rings. The van der Waals surface area contributed by atoms with E-state index in [0.29, 0.717) is 0 Å². The monoisotopic (exact) mass is 238 g/mol. The van der Waals surface area contributed by atoms with E-state index < -0.39 is 0 Å². The van der Waals surface area contributed by atoms with E-state index in [1.165, 1.54) is 34.8 Å². The number of nitrogens with one attached hydrogen (secondary N) is 1.